The Morgan fingerprint density at radius 3 is 2.05 bits per heavy atom. The summed E-state index contributed by atoms with van der Waals surface area (Å²) in [4.78, 5) is 0. The van der Waals surface area contributed by atoms with Crippen LogP contribution in [0.1, 0.15) is 28.3 Å². The van der Waals surface area contributed by atoms with Crippen molar-refractivity contribution in [1.29, 1.82) is 0 Å². The van der Waals surface area contributed by atoms with Crippen LogP contribution in [0.25, 0.3) is 0 Å². The summed E-state index contributed by atoms with van der Waals surface area (Å²) in [6, 6.07) is 11.8. The average Bonchev–Trinajstić information content (AvgIpc) is 2.46. The third-order valence-electron chi connectivity index (χ3n) is 3.44. The zero-order valence-corrected chi connectivity index (χ0v) is 12.4. The Bertz CT molecular complexity index is 608. The van der Waals surface area contributed by atoms with E-state index >= 15 is 0 Å². The minimum absolute atomic E-state index is 0.277. The molecule has 0 bridgehead atoms. The Morgan fingerprint density at radius 2 is 1.40 bits per heavy atom. The molecule has 2 aromatic carbocycles. The van der Waals surface area contributed by atoms with E-state index in [4.69, 9.17) is 15.2 Å². The molecule has 3 heteroatoms. The summed E-state index contributed by atoms with van der Waals surface area (Å²) in [6.07, 6.45) is 0. The van der Waals surface area contributed by atoms with Crippen molar-refractivity contribution in [2.75, 3.05) is 14.2 Å². The van der Waals surface area contributed by atoms with Gasteiger partial charge in [-0.2, -0.15) is 0 Å². The molecule has 106 valence electrons. The van der Waals surface area contributed by atoms with E-state index in [-0.39, 0.29) is 6.04 Å². The highest BCUT2D eigenvalue weighted by Gasteiger charge is 2.18. The molecule has 1 atom stereocenters. The molecule has 0 saturated heterocycles. The molecule has 0 aliphatic rings. The Labute approximate surface area is 120 Å². The fourth-order valence-electron chi connectivity index (χ4n) is 2.34. The van der Waals surface area contributed by atoms with Crippen LogP contribution in [0, 0.1) is 13.8 Å². The molecule has 3 nitrogen and oxygen atoms in total. The van der Waals surface area contributed by atoms with Crippen LogP contribution < -0.4 is 15.2 Å². The van der Waals surface area contributed by atoms with Gasteiger partial charge >= 0.3 is 0 Å². The largest absolute Gasteiger partial charge is 0.496 e. The van der Waals surface area contributed by atoms with Crippen LogP contribution in [0.3, 0.4) is 0 Å². The van der Waals surface area contributed by atoms with E-state index in [1.165, 1.54) is 0 Å². The van der Waals surface area contributed by atoms with Crippen LogP contribution in [-0.4, -0.2) is 14.2 Å². The van der Waals surface area contributed by atoms with Crippen molar-refractivity contribution < 1.29 is 9.47 Å². The molecular weight excluding hydrogens is 250 g/mol. The molecular formula is C17H21NO2. The molecule has 0 fully saturated rings. The van der Waals surface area contributed by atoms with Crippen LogP contribution in [-0.2, 0) is 0 Å². The lowest BCUT2D eigenvalue weighted by Gasteiger charge is -2.19. The topological polar surface area (TPSA) is 44.5 Å². The lowest BCUT2D eigenvalue weighted by molar-refractivity contribution is 0.400. The third kappa shape index (κ3) is 2.78. The summed E-state index contributed by atoms with van der Waals surface area (Å²) in [7, 11) is 3.33. The van der Waals surface area contributed by atoms with E-state index in [0.717, 1.165) is 33.8 Å². The lowest BCUT2D eigenvalue weighted by atomic mass is 9.95. The van der Waals surface area contributed by atoms with Crippen LogP contribution >= 0.6 is 0 Å². The molecule has 0 saturated carbocycles. The lowest BCUT2D eigenvalue weighted by Crippen LogP contribution is -2.14. The molecule has 2 rings (SSSR count). The highest BCUT2D eigenvalue weighted by Crippen LogP contribution is 2.34. The number of methoxy groups -OCH3 is 2. The van der Waals surface area contributed by atoms with Crippen molar-refractivity contribution >= 4 is 0 Å². The van der Waals surface area contributed by atoms with Gasteiger partial charge in [-0.05, 0) is 31.5 Å². The number of nitrogens with two attached hydrogens (primary N) is 1. The first kappa shape index (κ1) is 14.4. The number of aryl methyl sites for hydroxylation is 2. The van der Waals surface area contributed by atoms with Gasteiger partial charge in [-0.3, -0.25) is 0 Å². The van der Waals surface area contributed by atoms with E-state index in [9.17, 15) is 0 Å². The van der Waals surface area contributed by atoms with Crippen molar-refractivity contribution in [2.45, 2.75) is 19.9 Å². The first-order valence-corrected chi connectivity index (χ1v) is 6.61. The van der Waals surface area contributed by atoms with Gasteiger partial charge in [-0.1, -0.05) is 29.8 Å². The van der Waals surface area contributed by atoms with E-state index in [1.54, 1.807) is 14.2 Å². The molecule has 0 heterocycles. The molecule has 0 aliphatic carbocycles. The highest BCUT2D eigenvalue weighted by molar-refractivity contribution is 5.48. The van der Waals surface area contributed by atoms with Gasteiger partial charge in [0.2, 0.25) is 0 Å². The van der Waals surface area contributed by atoms with E-state index in [2.05, 4.69) is 6.07 Å². The van der Waals surface area contributed by atoms with Gasteiger partial charge in [-0.15, -0.1) is 0 Å². The number of hydrogen-bond donors (Lipinski definition) is 1. The fraction of sp³-hybridized carbons (Fsp3) is 0.294. The molecule has 2 aromatic rings. The van der Waals surface area contributed by atoms with Gasteiger partial charge in [0.15, 0.2) is 0 Å². The van der Waals surface area contributed by atoms with Gasteiger partial charge in [0.1, 0.15) is 11.5 Å². The Hall–Kier alpha value is -2.00. The highest BCUT2D eigenvalue weighted by atomic mass is 16.5. The van der Waals surface area contributed by atoms with Gasteiger partial charge in [0, 0.05) is 11.1 Å². The number of rotatable bonds is 4. The molecule has 0 amide bonds. The van der Waals surface area contributed by atoms with Gasteiger partial charge < -0.3 is 15.2 Å². The van der Waals surface area contributed by atoms with Gasteiger partial charge in [0.05, 0.1) is 20.3 Å². The fourth-order valence-corrected chi connectivity index (χ4v) is 2.34. The van der Waals surface area contributed by atoms with Crippen molar-refractivity contribution in [3.8, 4) is 11.5 Å². The third-order valence-corrected chi connectivity index (χ3v) is 3.44. The molecule has 0 spiro atoms. The Morgan fingerprint density at radius 1 is 0.800 bits per heavy atom. The van der Waals surface area contributed by atoms with E-state index in [0.29, 0.717) is 0 Å². The molecule has 0 radical (unpaired) electrons. The normalized spacial score (nSPS) is 12.1. The van der Waals surface area contributed by atoms with Gasteiger partial charge in [-0.25, -0.2) is 0 Å². The minimum atomic E-state index is -0.277. The molecule has 2 N–H and O–H groups in total. The maximum Gasteiger partial charge on any atom is 0.124 e. The average molecular weight is 271 g/mol. The van der Waals surface area contributed by atoms with Crippen LogP contribution in [0.4, 0.5) is 0 Å². The smallest absolute Gasteiger partial charge is 0.124 e. The molecule has 0 aliphatic heterocycles. The SMILES string of the molecule is COc1cc(C)ccc1C(N)c1cc(C)ccc1OC. The standard InChI is InChI=1S/C17H21NO2/c1-11-6-8-15(19-3)14(9-11)17(18)13-7-5-12(2)10-16(13)20-4/h5-10,17H,18H2,1-4H3. The predicted octanol–water partition coefficient (Wildman–Crippen LogP) is 3.37. The zero-order chi connectivity index (χ0) is 14.7. The summed E-state index contributed by atoms with van der Waals surface area (Å²) in [6.45, 7) is 4.08. The second-order valence-corrected chi connectivity index (χ2v) is 4.97. The maximum atomic E-state index is 6.43. The summed E-state index contributed by atoms with van der Waals surface area (Å²) in [5, 5.41) is 0. The van der Waals surface area contributed by atoms with E-state index in [1.807, 2.05) is 44.2 Å². The van der Waals surface area contributed by atoms with Crippen LogP contribution in [0.15, 0.2) is 36.4 Å². The van der Waals surface area contributed by atoms with Crippen LogP contribution in [0.2, 0.25) is 0 Å². The summed E-state index contributed by atoms with van der Waals surface area (Å²) in [5.41, 5.74) is 10.7. The number of hydrogen-bond acceptors (Lipinski definition) is 3. The monoisotopic (exact) mass is 271 g/mol. The zero-order valence-electron chi connectivity index (χ0n) is 12.4. The van der Waals surface area contributed by atoms with Crippen molar-refractivity contribution in [1.82, 2.24) is 0 Å². The quantitative estimate of drug-likeness (QED) is 0.927. The molecule has 20 heavy (non-hydrogen) atoms. The number of benzene rings is 2. The maximum absolute atomic E-state index is 6.43. The predicted molar refractivity (Wildman–Crippen MR) is 81.5 cm³/mol. The Balaban J connectivity index is 2.51. The van der Waals surface area contributed by atoms with Crippen molar-refractivity contribution in [2.24, 2.45) is 5.73 Å². The van der Waals surface area contributed by atoms with Crippen molar-refractivity contribution in [3.05, 3.63) is 58.7 Å². The summed E-state index contributed by atoms with van der Waals surface area (Å²) in [5.74, 6) is 1.60. The van der Waals surface area contributed by atoms with Crippen LogP contribution in [0.5, 0.6) is 11.5 Å². The molecule has 1 unspecified atom stereocenters. The van der Waals surface area contributed by atoms with E-state index < -0.39 is 0 Å². The first-order valence-electron chi connectivity index (χ1n) is 6.61. The number of ether oxygens (including phenoxy) is 2. The van der Waals surface area contributed by atoms with Gasteiger partial charge in [0.25, 0.3) is 0 Å². The first-order chi connectivity index (χ1) is 9.56. The second-order valence-electron chi connectivity index (χ2n) is 4.97. The molecule has 0 aromatic heterocycles. The summed E-state index contributed by atoms with van der Waals surface area (Å²) < 4.78 is 10.9. The minimum Gasteiger partial charge on any atom is -0.496 e. The Kier molecular flexibility index (Phi) is 4.30. The second kappa shape index (κ2) is 5.97. The van der Waals surface area contributed by atoms with Crippen molar-refractivity contribution in [3.63, 3.8) is 0 Å². The summed E-state index contributed by atoms with van der Waals surface area (Å²) >= 11 is 0.